The van der Waals surface area contributed by atoms with Gasteiger partial charge in [0, 0.05) is 18.7 Å². The monoisotopic (exact) mass is 279 g/mol. The minimum Gasteiger partial charge on any atom is -0.480 e. The largest absolute Gasteiger partial charge is 0.480 e. The summed E-state index contributed by atoms with van der Waals surface area (Å²) in [5, 5.41) is 11.6. The molecular weight excluding hydrogens is 262 g/mol. The third kappa shape index (κ3) is 4.18. The molecule has 2 heterocycles. The zero-order valence-corrected chi connectivity index (χ0v) is 11.7. The summed E-state index contributed by atoms with van der Waals surface area (Å²) < 4.78 is 6.41. The van der Waals surface area contributed by atoms with Crippen molar-refractivity contribution in [3.63, 3.8) is 0 Å². The highest BCUT2D eigenvalue weighted by Gasteiger charge is 2.00. The molecule has 0 aliphatic heterocycles. The van der Waals surface area contributed by atoms with Crippen molar-refractivity contribution in [3.8, 4) is 5.88 Å². The van der Waals surface area contributed by atoms with E-state index in [1.807, 2.05) is 0 Å². The van der Waals surface area contributed by atoms with Crippen LogP contribution in [0.5, 0.6) is 5.88 Å². The predicted molar refractivity (Wildman–Crippen MR) is 75.9 cm³/mol. The van der Waals surface area contributed by atoms with E-state index in [9.17, 15) is 4.79 Å². The van der Waals surface area contributed by atoms with Crippen LogP contribution >= 0.6 is 11.3 Å². The minimum atomic E-state index is -0.111. The molecule has 6 heteroatoms. The first-order valence-electron chi connectivity index (χ1n) is 6.13. The molecule has 0 aliphatic carbocycles. The summed E-state index contributed by atoms with van der Waals surface area (Å²) in [4.78, 5) is 11.6. The Morgan fingerprint density at radius 1 is 1.37 bits per heavy atom. The van der Waals surface area contributed by atoms with Gasteiger partial charge in [-0.25, -0.2) is 4.68 Å². The zero-order chi connectivity index (χ0) is 13.5. The van der Waals surface area contributed by atoms with Crippen molar-refractivity contribution in [1.82, 2.24) is 15.1 Å². The van der Waals surface area contributed by atoms with Crippen LogP contribution in [0.15, 0.2) is 33.8 Å². The summed E-state index contributed by atoms with van der Waals surface area (Å²) in [5.74, 6) is 0.456. The molecule has 2 aromatic rings. The fourth-order valence-electron chi connectivity index (χ4n) is 1.68. The Morgan fingerprint density at radius 3 is 3.00 bits per heavy atom. The van der Waals surface area contributed by atoms with E-state index in [1.54, 1.807) is 17.4 Å². The first-order chi connectivity index (χ1) is 9.29. The van der Waals surface area contributed by atoms with Gasteiger partial charge < -0.3 is 10.1 Å². The zero-order valence-electron chi connectivity index (χ0n) is 10.8. The number of aromatic nitrogens is 2. The van der Waals surface area contributed by atoms with Crippen LogP contribution in [0, 0.1) is 0 Å². The molecule has 1 N–H and O–H groups in total. The van der Waals surface area contributed by atoms with E-state index in [0.29, 0.717) is 19.0 Å². The van der Waals surface area contributed by atoms with Crippen molar-refractivity contribution in [2.45, 2.75) is 13.0 Å². The molecular formula is C13H17N3O2S. The van der Waals surface area contributed by atoms with Crippen molar-refractivity contribution in [1.29, 1.82) is 0 Å². The highest BCUT2D eigenvalue weighted by atomic mass is 32.1. The lowest BCUT2D eigenvalue weighted by Crippen LogP contribution is -2.29. The molecule has 0 saturated heterocycles. The third-order valence-electron chi connectivity index (χ3n) is 2.72. The van der Waals surface area contributed by atoms with Gasteiger partial charge in [0.25, 0.3) is 5.56 Å². The first-order valence-corrected chi connectivity index (χ1v) is 7.08. The molecule has 0 spiro atoms. The Labute approximate surface area is 115 Å². The summed E-state index contributed by atoms with van der Waals surface area (Å²) in [6.45, 7) is 2.15. The first kappa shape index (κ1) is 13.8. The minimum absolute atomic E-state index is 0.111. The average Bonchev–Trinajstić information content (AvgIpc) is 2.93. The van der Waals surface area contributed by atoms with Crippen molar-refractivity contribution < 1.29 is 4.74 Å². The molecule has 0 radical (unpaired) electrons. The van der Waals surface area contributed by atoms with Crippen LogP contribution in [0.4, 0.5) is 0 Å². The van der Waals surface area contributed by atoms with Crippen LogP contribution in [0.25, 0.3) is 0 Å². The number of hydrogen-bond donors (Lipinski definition) is 1. The van der Waals surface area contributed by atoms with E-state index in [4.69, 9.17) is 4.74 Å². The smallest absolute Gasteiger partial charge is 0.267 e. The number of hydrogen-bond acceptors (Lipinski definition) is 5. The molecule has 2 aromatic heterocycles. The van der Waals surface area contributed by atoms with E-state index in [1.165, 1.54) is 23.4 Å². The molecule has 5 nitrogen and oxygen atoms in total. The van der Waals surface area contributed by atoms with Gasteiger partial charge in [-0.3, -0.25) is 4.79 Å². The fourth-order valence-corrected chi connectivity index (χ4v) is 2.38. The number of nitrogens with one attached hydrogen (secondary N) is 1. The van der Waals surface area contributed by atoms with Crippen molar-refractivity contribution in [2.24, 2.45) is 0 Å². The maximum atomic E-state index is 11.6. The molecule has 0 fully saturated rings. The molecule has 19 heavy (non-hydrogen) atoms. The van der Waals surface area contributed by atoms with Crippen molar-refractivity contribution in [3.05, 3.63) is 44.9 Å². The van der Waals surface area contributed by atoms with Crippen LogP contribution in [0.2, 0.25) is 0 Å². The van der Waals surface area contributed by atoms with E-state index in [0.717, 1.165) is 13.0 Å². The van der Waals surface area contributed by atoms with Gasteiger partial charge in [0.2, 0.25) is 5.88 Å². The second kappa shape index (κ2) is 7.06. The maximum absolute atomic E-state index is 11.6. The second-order valence-electron chi connectivity index (χ2n) is 4.07. The van der Waals surface area contributed by atoms with Gasteiger partial charge in [-0.15, -0.1) is 5.10 Å². The molecule has 102 valence electrons. The number of nitrogens with zero attached hydrogens (tertiary/aromatic N) is 2. The molecule has 0 atom stereocenters. The Morgan fingerprint density at radius 2 is 2.26 bits per heavy atom. The van der Waals surface area contributed by atoms with Crippen LogP contribution in [-0.4, -0.2) is 30.0 Å². The number of methoxy groups -OCH3 is 1. The fraction of sp³-hybridized carbons (Fsp3) is 0.385. The lowest BCUT2D eigenvalue weighted by molar-refractivity contribution is 0.374. The Kier molecular flexibility index (Phi) is 5.11. The van der Waals surface area contributed by atoms with Crippen molar-refractivity contribution >= 4 is 11.3 Å². The number of thiophene rings is 1. The summed E-state index contributed by atoms with van der Waals surface area (Å²) in [5.41, 5.74) is 1.23. The molecule has 0 bridgehead atoms. The van der Waals surface area contributed by atoms with Crippen LogP contribution in [-0.2, 0) is 13.0 Å². The highest BCUT2D eigenvalue weighted by molar-refractivity contribution is 7.07. The van der Waals surface area contributed by atoms with Crippen molar-refractivity contribution in [2.75, 3.05) is 20.2 Å². The number of ether oxygens (including phenoxy) is 1. The molecule has 0 amide bonds. The average molecular weight is 279 g/mol. The summed E-state index contributed by atoms with van der Waals surface area (Å²) >= 11 is 1.71. The van der Waals surface area contributed by atoms with Gasteiger partial charge in [0.1, 0.15) is 0 Å². The van der Waals surface area contributed by atoms with Gasteiger partial charge in [0.05, 0.1) is 13.7 Å². The van der Waals surface area contributed by atoms with Gasteiger partial charge in [0.15, 0.2) is 0 Å². The van der Waals surface area contributed by atoms with Crippen LogP contribution in [0.3, 0.4) is 0 Å². The molecule has 0 aliphatic rings. The molecule has 0 saturated carbocycles. The van der Waals surface area contributed by atoms with E-state index >= 15 is 0 Å². The van der Waals surface area contributed by atoms with E-state index < -0.39 is 0 Å². The summed E-state index contributed by atoms with van der Waals surface area (Å²) in [6.07, 6.45) is 1.00. The second-order valence-corrected chi connectivity index (χ2v) is 4.85. The lowest BCUT2D eigenvalue weighted by atomic mass is 10.2. The topological polar surface area (TPSA) is 56.1 Å². The van der Waals surface area contributed by atoms with Gasteiger partial charge >= 0.3 is 0 Å². The number of rotatable bonds is 7. The molecule has 0 unspecified atom stereocenters. The predicted octanol–water partition coefficient (Wildman–Crippen LogP) is 1.15. The SMILES string of the molecule is COc1ccc(=O)n(CCNCCc2ccsc2)n1. The normalized spacial score (nSPS) is 10.6. The Hall–Kier alpha value is -1.66. The molecule has 2 rings (SSSR count). The van der Waals surface area contributed by atoms with Gasteiger partial charge in [-0.05, 0) is 35.4 Å². The van der Waals surface area contributed by atoms with E-state index in [-0.39, 0.29) is 5.56 Å². The maximum Gasteiger partial charge on any atom is 0.267 e. The lowest BCUT2D eigenvalue weighted by Gasteiger charge is -2.07. The Balaban J connectivity index is 1.74. The van der Waals surface area contributed by atoms with Gasteiger partial charge in [-0.2, -0.15) is 11.3 Å². The molecule has 0 aromatic carbocycles. The Bertz CT molecular complexity index is 551. The summed E-state index contributed by atoms with van der Waals surface area (Å²) in [6, 6.07) is 5.17. The van der Waals surface area contributed by atoms with Gasteiger partial charge in [-0.1, -0.05) is 0 Å². The highest BCUT2D eigenvalue weighted by Crippen LogP contribution is 2.05. The third-order valence-corrected chi connectivity index (χ3v) is 3.45. The van der Waals surface area contributed by atoms with Crippen LogP contribution < -0.4 is 15.6 Å². The summed E-state index contributed by atoms with van der Waals surface area (Å²) in [7, 11) is 1.54. The van der Waals surface area contributed by atoms with Crippen LogP contribution in [0.1, 0.15) is 5.56 Å². The quantitative estimate of drug-likeness (QED) is 0.772. The van der Waals surface area contributed by atoms with E-state index in [2.05, 4.69) is 27.2 Å². The standard InChI is InChI=1S/C13H17N3O2S/c1-18-12-2-3-13(17)16(15-12)8-7-14-6-4-11-5-9-19-10-11/h2-3,5,9-10,14H,4,6-8H2,1H3.